The van der Waals surface area contributed by atoms with Crippen molar-refractivity contribution in [2.75, 3.05) is 7.11 Å². The molecule has 0 aliphatic carbocycles. The summed E-state index contributed by atoms with van der Waals surface area (Å²) in [6.07, 6.45) is -5.02. The molecule has 0 aliphatic rings. The molecule has 11 heteroatoms. The second kappa shape index (κ2) is 6.50. The van der Waals surface area contributed by atoms with Gasteiger partial charge in [0.25, 0.3) is 9.05 Å². The Balaban J connectivity index is 2.71. The Labute approximate surface area is 146 Å². The molecule has 2 aromatic rings. The number of methoxy groups -OCH3 is 1. The van der Waals surface area contributed by atoms with Crippen molar-refractivity contribution < 1.29 is 34.7 Å². The van der Waals surface area contributed by atoms with Gasteiger partial charge in [-0.3, -0.25) is 0 Å². The number of ether oxygens (including phenoxy) is 1. The largest absolute Gasteiger partial charge is 0.497 e. The van der Waals surface area contributed by atoms with Gasteiger partial charge in [0.15, 0.2) is 0 Å². The topological polar surface area (TPSA) is 77.5 Å². The van der Waals surface area contributed by atoms with Crippen molar-refractivity contribution in [1.29, 1.82) is 0 Å². The van der Waals surface area contributed by atoms with Gasteiger partial charge >= 0.3 is 6.18 Å². The third-order valence-corrected chi connectivity index (χ3v) is 6.29. The smallest absolute Gasteiger partial charge is 0.417 e. The second-order valence-corrected chi connectivity index (χ2v) is 9.26. The Morgan fingerprint density at radius 3 is 2.08 bits per heavy atom. The van der Waals surface area contributed by atoms with Crippen LogP contribution in [0, 0.1) is 0 Å². The second-order valence-electron chi connectivity index (χ2n) is 4.78. The minimum atomic E-state index is -5.02. The number of alkyl halides is 3. The van der Waals surface area contributed by atoms with Gasteiger partial charge in [-0.1, -0.05) is 6.07 Å². The van der Waals surface area contributed by atoms with Crippen LogP contribution in [0.2, 0.25) is 0 Å². The van der Waals surface area contributed by atoms with Gasteiger partial charge in [0.1, 0.15) is 5.75 Å². The highest BCUT2D eigenvalue weighted by atomic mass is 35.7. The summed E-state index contributed by atoms with van der Waals surface area (Å²) in [6, 6.07) is 6.62. The molecule has 25 heavy (non-hydrogen) atoms. The molecular formula is C14H10ClF3O5S2. The van der Waals surface area contributed by atoms with Crippen molar-refractivity contribution in [3.63, 3.8) is 0 Å². The molecule has 0 amide bonds. The van der Waals surface area contributed by atoms with E-state index in [9.17, 15) is 30.0 Å². The van der Waals surface area contributed by atoms with Crippen LogP contribution in [-0.4, -0.2) is 23.9 Å². The molecule has 0 aromatic heterocycles. The highest BCUT2D eigenvalue weighted by molar-refractivity contribution is 8.13. The van der Waals surface area contributed by atoms with Gasteiger partial charge in [0, 0.05) is 10.7 Å². The minimum Gasteiger partial charge on any atom is -0.497 e. The monoisotopic (exact) mass is 414 g/mol. The lowest BCUT2D eigenvalue weighted by molar-refractivity contribution is -0.139. The van der Waals surface area contributed by atoms with Gasteiger partial charge in [-0.05, 0) is 36.4 Å². The summed E-state index contributed by atoms with van der Waals surface area (Å²) in [4.78, 5) is -2.25. The molecule has 0 radical (unpaired) electrons. The number of rotatable bonds is 4. The maximum atomic E-state index is 12.9. The van der Waals surface area contributed by atoms with E-state index in [-0.39, 0.29) is 10.6 Å². The van der Waals surface area contributed by atoms with E-state index in [4.69, 9.17) is 15.4 Å². The number of hydrogen-bond donors (Lipinski definition) is 0. The molecule has 0 heterocycles. The number of benzene rings is 2. The van der Waals surface area contributed by atoms with Crippen LogP contribution in [0.5, 0.6) is 5.75 Å². The van der Waals surface area contributed by atoms with E-state index in [1.807, 2.05) is 0 Å². The molecule has 0 unspecified atom stereocenters. The van der Waals surface area contributed by atoms with Crippen LogP contribution >= 0.6 is 10.7 Å². The lowest BCUT2D eigenvalue weighted by atomic mass is 10.2. The molecule has 0 atom stereocenters. The Hall–Kier alpha value is -1.78. The molecule has 0 saturated carbocycles. The van der Waals surface area contributed by atoms with Gasteiger partial charge in [-0.2, -0.15) is 13.2 Å². The van der Waals surface area contributed by atoms with Crippen molar-refractivity contribution in [2.45, 2.75) is 20.9 Å². The third kappa shape index (κ3) is 4.07. The average molecular weight is 415 g/mol. The minimum absolute atomic E-state index is 0.207. The van der Waals surface area contributed by atoms with Gasteiger partial charge in [0.05, 0.1) is 27.4 Å². The van der Waals surface area contributed by atoms with Crippen LogP contribution in [0.1, 0.15) is 5.56 Å². The van der Waals surface area contributed by atoms with Crippen LogP contribution in [0.4, 0.5) is 13.2 Å². The van der Waals surface area contributed by atoms with Crippen LogP contribution in [-0.2, 0) is 25.1 Å². The maximum absolute atomic E-state index is 12.9. The summed E-state index contributed by atoms with van der Waals surface area (Å²) in [5, 5.41) is 0. The first kappa shape index (κ1) is 19.5. The highest BCUT2D eigenvalue weighted by Gasteiger charge is 2.37. The first-order valence-corrected chi connectivity index (χ1v) is 10.2. The summed E-state index contributed by atoms with van der Waals surface area (Å²) in [5.74, 6) is 0.207. The van der Waals surface area contributed by atoms with Crippen molar-refractivity contribution >= 4 is 29.6 Å². The van der Waals surface area contributed by atoms with E-state index in [0.717, 1.165) is 6.07 Å². The predicted octanol–water partition coefficient (Wildman–Crippen LogP) is 3.47. The molecule has 0 N–H and O–H groups in total. The summed E-state index contributed by atoms with van der Waals surface area (Å²) in [7, 11) is -2.77. The molecule has 5 nitrogen and oxygen atoms in total. The van der Waals surface area contributed by atoms with Crippen LogP contribution in [0.25, 0.3) is 0 Å². The average Bonchev–Trinajstić information content (AvgIpc) is 2.52. The zero-order valence-electron chi connectivity index (χ0n) is 12.4. The standard InChI is InChI=1S/C14H10ClF3O5S2/c1-23-9-3-2-4-10(7-9)24(19,20)11-5-6-12(14(16,17)18)13(8-11)25(15,21)22/h2-8H,1H3. The van der Waals surface area contributed by atoms with E-state index < -0.39 is 40.4 Å². The third-order valence-electron chi connectivity index (χ3n) is 3.18. The first-order valence-electron chi connectivity index (χ1n) is 6.42. The Morgan fingerprint density at radius 2 is 1.56 bits per heavy atom. The fraction of sp³-hybridized carbons (Fsp3) is 0.143. The summed E-state index contributed by atoms with van der Waals surface area (Å²) >= 11 is 0. The van der Waals surface area contributed by atoms with Gasteiger partial charge in [-0.15, -0.1) is 0 Å². The fourth-order valence-electron chi connectivity index (χ4n) is 2.01. The molecule has 0 bridgehead atoms. The molecule has 2 aromatic carbocycles. The van der Waals surface area contributed by atoms with Crippen LogP contribution in [0.15, 0.2) is 57.2 Å². The Bertz CT molecular complexity index is 1020. The Morgan fingerprint density at radius 1 is 0.960 bits per heavy atom. The van der Waals surface area contributed by atoms with E-state index in [1.54, 1.807) is 0 Å². The normalized spacial score (nSPS) is 12.8. The predicted molar refractivity (Wildman–Crippen MR) is 82.9 cm³/mol. The maximum Gasteiger partial charge on any atom is 0.417 e. The van der Waals surface area contributed by atoms with Crippen molar-refractivity contribution in [3.05, 3.63) is 48.0 Å². The molecule has 136 valence electrons. The number of sulfone groups is 1. The van der Waals surface area contributed by atoms with Gasteiger partial charge < -0.3 is 4.74 Å². The van der Waals surface area contributed by atoms with Gasteiger partial charge in [-0.25, -0.2) is 16.8 Å². The van der Waals surface area contributed by atoms with Crippen molar-refractivity contribution in [3.8, 4) is 5.75 Å². The summed E-state index contributed by atoms with van der Waals surface area (Å²) in [5.41, 5.74) is -1.55. The zero-order chi connectivity index (χ0) is 19.0. The van der Waals surface area contributed by atoms with E-state index in [0.29, 0.717) is 18.2 Å². The first-order chi connectivity index (χ1) is 11.4. The molecule has 2 rings (SSSR count). The fourth-order valence-corrected chi connectivity index (χ4v) is 4.50. The van der Waals surface area contributed by atoms with E-state index in [2.05, 4.69) is 0 Å². The molecular weight excluding hydrogens is 405 g/mol. The van der Waals surface area contributed by atoms with Crippen molar-refractivity contribution in [1.82, 2.24) is 0 Å². The highest BCUT2D eigenvalue weighted by Crippen LogP contribution is 2.37. The summed E-state index contributed by atoms with van der Waals surface area (Å²) < 4.78 is 91.8. The zero-order valence-corrected chi connectivity index (χ0v) is 14.8. The molecule has 0 saturated heterocycles. The number of hydrogen-bond acceptors (Lipinski definition) is 5. The summed E-state index contributed by atoms with van der Waals surface area (Å²) in [6.45, 7) is 0. The van der Waals surface area contributed by atoms with Gasteiger partial charge in [0.2, 0.25) is 9.84 Å². The lowest BCUT2D eigenvalue weighted by Crippen LogP contribution is -2.12. The SMILES string of the molecule is COc1cccc(S(=O)(=O)c2ccc(C(F)(F)F)c(S(=O)(=O)Cl)c2)c1. The lowest BCUT2D eigenvalue weighted by Gasteiger charge is -2.13. The molecule has 0 spiro atoms. The van der Waals surface area contributed by atoms with Crippen LogP contribution in [0.3, 0.4) is 0 Å². The van der Waals surface area contributed by atoms with Crippen LogP contribution < -0.4 is 4.74 Å². The van der Waals surface area contributed by atoms with E-state index in [1.165, 1.54) is 25.3 Å². The number of halogens is 4. The molecule has 0 aliphatic heterocycles. The Kier molecular flexibility index (Phi) is 5.08. The van der Waals surface area contributed by atoms with E-state index >= 15 is 0 Å². The quantitative estimate of drug-likeness (QED) is 0.716. The molecule has 0 fully saturated rings. The van der Waals surface area contributed by atoms with Crippen molar-refractivity contribution in [2.24, 2.45) is 0 Å².